The van der Waals surface area contributed by atoms with Gasteiger partial charge in [-0.05, 0) is 92.9 Å². The van der Waals surface area contributed by atoms with Crippen LogP contribution in [0.3, 0.4) is 0 Å². The summed E-state index contributed by atoms with van der Waals surface area (Å²) in [4.78, 5) is 83.9. The number of aromatic nitrogens is 2. The highest BCUT2D eigenvalue weighted by Gasteiger charge is 2.50. The summed E-state index contributed by atoms with van der Waals surface area (Å²) in [6.07, 6.45) is -6.14. The number of anilines is 1. The third kappa shape index (κ3) is 14.7. The first-order valence-corrected chi connectivity index (χ1v) is 20.5. The van der Waals surface area contributed by atoms with E-state index in [-0.39, 0.29) is 23.8 Å². The van der Waals surface area contributed by atoms with Gasteiger partial charge < -0.3 is 38.6 Å². The predicted octanol–water partition coefficient (Wildman–Crippen LogP) is 6.77. The lowest BCUT2D eigenvalue weighted by atomic mass is 10.1. The van der Waals surface area contributed by atoms with Crippen LogP contribution in [0.25, 0.3) is 0 Å². The summed E-state index contributed by atoms with van der Waals surface area (Å²) < 4.78 is 62.0. The van der Waals surface area contributed by atoms with Crippen molar-refractivity contribution in [3.05, 3.63) is 47.0 Å². The summed E-state index contributed by atoms with van der Waals surface area (Å²) in [5.74, 6) is -2.30. The number of imide groups is 1. The van der Waals surface area contributed by atoms with Crippen LogP contribution in [0.5, 0.6) is 11.5 Å². The van der Waals surface area contributed by atoms with Gasteiger partial charge in [0.25, 0.3) is 0 Å². The van der Waals surface area contributed by atoms with Crippen LogP contribution in [0.15, 0.2) is 41.3 Å². The Morgan fingerprint density at radius 2 is 1.50 bits per heavy atom. The van der Waals surface area contributed by atoms with Gasteiger partial charge in [0.1, 0.15) is 34.8 Å². The molecule has 1 fully saturated rings. The number of hydrogen-bond donors (Lipinski definition) is 3. The zero-order valence-corrected chi connectivity index (χ0v) is 35.8. The maximum Gasteiger partial charge on any atom is 0.509 e. The van der Waals surface area contributed by atoms with E-state index in [0.29, 0.717) is 4.90 Å². The summed E-state index contributed by atoms with van der Waals surface area (Å²) in [5.41, 5.74) is -4.21. The average molecular weight is 863 g/mol. The molecule has 22 heteroatoms. The summed E-state index contributed by atoms with van der Waals surface area (Å²) in [6.45, 7) is 17.2. The number of aliphatic carboxylic acids is 1. The highest BCUT2D eigenvalue weighted by molar-refractivity contribution is 8.00. The van der Waals surface area contributed by atoms with E-state index in [1.54, 1.807) is 76.2 Å². The average Bonchev–Trinajstić information content (AvgIpc) is 3.33. The van der Waals surface area contributed by atoms with Gasteiger partial charge in [-0.1, -0.05) is 30.7 Å². The van der Waals surface area contributed by atoms with E-state index in [1.807, 2.05) is 5.09 Å². The first kappa shape index (κ1) is 47.9. The molecule has 1 aliphatic rings. The molecule has 6 atom stereocenters. The number of nitrogens with zero attached hydrogens (tertiary/aromatic N) is 3. The van der Waals surface area contributed by atoms with Crippen molar-refractivity contribution >= 4 is 49.6 Å². The SMILES string of the molecule is CC(C)CC(NP(=O)(O)OOc1ccccc1OC[C@H]1S[C@@H](n2ccc(N(C(=O)OC(C)(C)C)C(=O)OC(C)(C)C)nc2=O)[C@@H](F)[C@@H]1OC(=O)OC(C)(C)C)C(=O)O. The van der Waals surface area contributed by atoms with Gasteiger partial charge in [-0.15, -0.1) is 11.8 Å². The van der Waals surface area contributed by atoms with Gasteiger partial charge in [0.2, 0.25) is 5.75 Å². The summed E-state index contributed by atoms with van der Waals surface area (Å²) in [5, 5.41) is 9.03. The molecule has 3 rings (SSSR count). The smallest absolute Gasteiger partial charge is 0.488 e. The van der Waals surface area contributed by atoms with Crippen LogP contribution < -0.4 is 25.3 Å². The van der Waals surface area contributed by atoms with Crippen molar-refractivity contribution in [1.29, 1.82) is 0 Å². The van der Waals surface area contributed by atoms with Gasteiger partial charge in [-0.3, -0.25) is 9.36 Å². The van der Waals surface area contributed by atoms with Crippen molar-refractivity contribution in [2.24, 2.45) is 5.92 Å². The number of alkyl halides is 1. The summed E-state index contributed by atoms with van der Waals surface area (Å²) in [6, 6.07) is 5.36. The fourth-order valence-electron chi connectivity index (χ4n) is 4.98. The number of thioether (sulfide) groups is 1. The molecule has 2 aromatic rings. The Labute approximate surface area is 339 Å². The molecular weight excluding hydrogens is 810 g/mol. The minimum Gasteiger partial charge on any atom is -0.488 e. The number of rotatable bonds is 14. The second-order valence-corrected chi connectivity index (χ2v) is 19.2. The number of halogens is 1. The lowest BCUT2D eigenvalue weighted by Crippen LogP contribution is -2.45. The number of carbonyl (C=O) groups is 4. The molecule has 1 aromatic carbocycles. The van der Waals surface area contributed by atoms with E-state index < -0.39 is 95.9 Å². The monoisotopic (exact) mass is 862 g/mol. The maximum absolute atomic E-state index is 16.4. The summed E-state index contributed by atoms with van der Waals surface area (Å²) >= 11 is 0.825. The number of carbonyl (C=O) groups excluding carboxylic acids is 3. The quantitative estimate of drug-likeness (QED) is 0.0583. The third-order valence-electron chi connectivity index (χ3n) is 7.16. The number of carboxylic acids is 1. The molecule has 0 saturated carbocycles. The van der Waals surface area contributed by atoms with E-state index in [2.05, 4.69) is 4.98 Å². The van der Waals surface area contributed by atoms with Crippen LogP contribution >= 0.6 is 19.5 Å². The highest BCUT2D eigenvalue weighted by Crippen LogP contribution is 2.46. The van der Waals surface area contributed by atoms with Crippen molar-refractivity contribution in [1.82, 2.24) is 14.6 Å². The Morgan fingerprint density at radius 1 is 0.948 bits per heavy atom. The molecule has 0 spiro atoms. The van der Waals surface area contributed by atoms with Crippen LogP contribution in [-0.2, 0) is 33.0 Å². The molecule has 0 bridgehead atoms. The zero-order chi connectivity index (χ0) is 44.0. The molecule has 2 unspecified atom stereocenters. The first-order valence-electron chi connectivity index (χ1n) is 18.0. The molecule has 2 heterocycles. The number of benzene rings is 1. The molecule has 0 aliphatic carbocycles. The van der Waals surface area contributed by atoms with Crippen LogP contribution in [0, 0.1) is 5.92 Å². The lowest BCUT2D eigenvalue weighted by molar-refractivity contribution is -0.140. The zero-order valence-electron chi connectivity index (χ0n) is 34.1. The third-order valence-corrected chi connectivity index (χ3v) is 9.60. The van der Waals surface area contributed by atoms with E-state index in [9.17, 15) is 38.5 Å². The molecule has 58 heavy (non-hydrogen) atoms. The fraction of sp³-hybridized carbons (Fsp3) is 0.611. The van der Waals surface area contributed by atoms with Gasteiger partial charge in [0.15, 0.2) is 23.8 Å². The molecule has 1 aromatic heterocycles. The Balaban J connectivity index is 1.91. The van der Waals surface area contributed by atoms with Crippen molar-refractivity contribution in [2.75, 3.05) is 11.5 Å². The number of ether oxygens (including phenoxy) is 5. The summed E-state index contributed by atoms with van der Waals surface area (Å²) in [7, 11) is -4.85. The predicted molar refractivity (Wildman–Crippen MR) is 207 cm³/mol. The second kappa shape index (κ2) is 19.1. The Hall–Kier alpha value is -4.43. The van der Waals surface area contributed by atoms with Crippen LogP contribution in [0.1, 0.15) is 88.0 Å². The minimum atomic E-state index is -4.85. The van der Waals surface area contributed by atoms with E-state index >= 15 is 4.39 Å². The number of nitrogens with one attached hydrogen (secondary N) is 1. The van der Waals surface area contributed by atoms with Gasteiger partial charge >= 0.3 is 37.7 Å². The minimum absolute atomic E-state index is 0.00796. The molecule has 1 aliphatic heterocycles. The highest BCUT2D eigenvalue weighted by atomic mass is 32.2. The number of hydrogen-bond acceptors (Lipinski definition) is 15. The Morgan fingerprint density at radius 3 is 2.00 bits per heavy atom. The van der Waals surface area contributed by atoms with Gasteiger partial charge in [0.05, 0.1) is 5.25 Å². The second-order valence-electron chi connectivity index (χ2n) is 16.4. The van der Waals surface area contributed by atoms with Crippen LogP contribution in [0.2, 0.25) is 0 Å². The molecular formula is C36H52FN4O15PS. The fourth-order valence-corrected chi connectivity index (χ4v) is 7.27. The molecule has 324 valence electrons. The van der Waals surface area contributed by atoms with Crippen molar-refractivity contribution in [3.8, 4) is 11.5 Å². The lowest BCUT2D eigenvalue weighted by Gasteiger charge is -2.28. The van der Waals surface area contributed by atoms with E-state index in [0.717, 1.165) is 28.6 Å². The van der Waals surface area contributed by atoms with Gasteiger partial charge in [0, 0.05) is 6.20 Å². The van der Waals surface area contributed by atoms with Gasteiger partial charge in [-0.2, -0.15) is 9.88 Å². The van der Waals surface area contributed by atoms with E-state index in [1.165, 1.54) is 24.3 Å². The molecule has 19 nitrogen and oxygen atoms in total. The number of para-hydroxylation sites is 2. The topological polar surface area (TPSA) is 241 Å². The normalized spacial score (nSPS) is 20.0. The molecule has 0 radical (unpaired) electrons. The molecule has 3 N–H and O–H groups in total. The Kier molecular flexibility index (Phi) is 15.8. The number of carboxylic acid groups (broad SMARTS) is 1. The van der Waals surface area contributed by atoms with Crippen LogP contribution in [-0.4, -0.2) is 90.8 Å². The van der Waals surface area contributed by atoms with Crippen LogP contribution in [0.4, 0.5) is 24.6 Å². The largest absolute Gasteiger partial charge is 0.509 e. The molecule has 2 amide bonds. The van der Waals surface area contributed by atoms with Crippen molar-refractivity contribution in [3.63, 3.8) is 0 Å². The van der Waals surface area contributed by atoms with Crippen molar-refractivity contribution < 1.29 is 71.4 Å². The molecule has 1 saturated heterocycles. The Bertz CT molecular complexity index is 1870. The van der Waals surface area contributed by atoms with Gasteiger partial charge in [-0.25, -0.2) is 33.2 Å². The van der Waals surface area contributed by atoms with E-state index in [4.69, 9.17) is 33.2 Å². The first-order chi connectivity index (χ1) is 26.6. The maximum atomic E-state index is 16.4. The standard InChI is InChI=1S/C36H52FN4O15PS/c1-20(2)18-21(29(42)43)39-57(48,49)56-55-23-15-13-12-14-22(23)50-19-24-27(51-33(47)54-36(9,10)11)26(37)28(58-24)40-17-16-25(38-30(40)44)41(31(45)52-34(3,4)5)32(46)53-35(6,7)8/h12-17,20-21,24,26-28H,18-19H2,1-11H3,(H,42,43)(H2,39,48,49)/t21?,24-,26+,27-,28-/m1/s1. The van der Waals surface area contributed by atoms with Crippen molar-refractivity contribution in [2.45, 2.75) is 128 Å². The number of amides is 2.